The number of aliphatic carboxylic acids is 1. The Morgan fingerprint density at radius 1 is 1.35 bits per heavy atom. The van der Waals surface area contributed by atoms with E-state index in [0.717, 1.165) is 0 Å². The predicted octanol–water partition coefficient (Wildman–Crippen LogP) is 1.08. The van der Waals surface area contributed by atoms with E-state index in [0.29, 0.717) is 6.42 Å². The summed E-state index contributed by atoms with van der Waals surface area (Å²) in [7, 11) is 1.25. The summed E-state index contributed by atoms with van der Waals surface area (Å²) in [6, 6.07) is -0.682. The molecule has 0 radical (unpaired) electrons. The molecule has 0 heterocycles. The van der Waals surface area contributed by atoms with E-state index in [9.17, 15) is 14.4 Å². The Morgan fingerprint density at radius 2 is 1.90 bits per heavy atom. The molecular formula is C13H24N2O5. The molecule has 2 amide bonds. The number of rotatable bonds is 7. The molecule has 0 fully saturated rings. The number of ether oxygens (including phenoxy) is 1. The molecule has 0 saturated heterocycles. The van der Waals surface area contributed by atoms with Gasteiger partial charge in [0.25, 0.3) is 0 Å². The maximum absolute atomic E-state index is 12.0. The van der Waals surface area contributed by atoms with Crippen LogP contribution in [-0.2, 0) is 14.3 Å². The molecule has 0 bridgehead atoms. The van der Waals surface area contributed by atoms with E-state index >= 15 is 0 Å². The quantitative estimate of drug-likeness (QED) is 0.683. The maximum Gasteiger partial charge on any atom is 0.325 e. The number of esters is 1. The molecule has 0 rings (SSSR count). The summed E-state index contributed by atoms with van der Waals surface area (Å²) in [5, 5.41) is 11.7. The van der Waals surface area contributed by atoms with Crippen LogP contribution in [0.1, 0.15) is 34.1 Å². The fourth-order valence-corrected chi connectivity index (χ4v) is 1.42. The zero-order valence-electron chi connectivity index (χ0n) is 12.7. The van der Waals surface area contributed by atoms with Gasteiger partial charge in [-0.15, -0.1) is 0 Å². The van der Waals surface area contributed by atoms with Gasteiger partial charge >= 0.3 is 18.0 Å². The predicted molar refractivity (Wildman–Crippen MR) is 73.3 cm³/mol. The highest BCUT2D eigenvalue weighted by Crippen LogP contribution is 2.20. The van der Waals surface area contributed by atoms with Crippen molar-refractivity contribution in [3.63, 3.8) is 0 Å². The van der Waals surface area contributed by atoms with Crippen molar-refractivity contribution in [2.24, 2.45) is 5.41 Å². The zero-order chi connectivity index (χ0) is 15.9. The van der Waals surface area contributed by atoms with Crippen LogP contribution in [0.3, 0.4) is 0 Å². The van der Waals surface area contributed by atoms with E-state index in [1.807, 2.05) is 0 Å². The minimum absolute atomic E-state index is 0.00204. The lowest BCUT2D eigenvalue weighted by molar-refractivity contribution is -0.148. The summed E-state index contributed by atoms with van der Waals surface area (Å²) >= 11 is 0. The number of hydrogen-bond donors (Lipinski definition) is 2. The third-order valence-corrected chi connectivity index (χ3v) is 3.34. The van der Waals surface area contributed by atoms with Crippen LogP contribution in [0.15, 0.2) is 0 Å². The van der Waals surface area contributed by atoms with Gasteiger partial charge < -0.3 is 20.1 Å². The number of nitrogens with one attached hydrogen (secondary N) is 1. The van der Waals surface area contributed by atoms with E-state index in [4.69, 9.17) is 5.11 Å². The number of urea groups is 1. The van der Waals surface area contributed by atoms with Crippen LogP contribution in [0.2, 0.25) is 0 Å². The smallest absolute Gasteiger partial charge is 0.325 e. The van der Waals surface area contributed by atoms with E-state index in [2.05, 4.69) is 10.1 Å². The average molecular weight is 288 g/mol. The van der Waals surface area contributed by atoms with E-state index < -0.39 is 23.4 Å². The van der Waals surface area contributed by atoms with Crippen molar-refractivity contribution in [1.82, 2.24) is 10.2 Å². The minimum atomic E-state index is -1.02. The SMILES string of the molecule is CCC(C)(CNC(=O)N(CC(=O)OC)C(C)C)C(=O)O. The fourth-order valence-electron chi connectivity index (χ4n) is 1.42. The van der Waals surface area contributed by atoms with Crippen molar-refractivity contribution >= 4 is 18.0 Å². The van der Waals surface area contributed by atoms with Crippen molar-refractivity contribution in [3.05, 3.63) is 0 Å². The lowest BCUT2D eigenvalue weighted by Crippen LogP contribution is -2.50. The molecule has 7 heteroatoms. The topological polar surface area (TPSA) is 95.9 Å². The number of carboxylic acids is 1. The van der Waals surface area contributed by atoms with Gasteiger partial charge in [0.05, 0.1) is 12.5 Å². The summed E-state index contributed by atoms with van der Waals surface area (Å²) in [5.74, 6) is -1.49. The Labute approximate surface area is 119 Å². The van der Waals surface area contributed by atoms with Crippen molar-refractivity contribution in [1.29, 1.82) is 0 Å². The Morgan fingerprint density at radius 3 is 2.25 bits per heavy atom. The molecule has 0 aliphatic heterocycles. The summed E-state index contributed by atoms with van der Waals surface area (Å²) < 4.78 is 4.53. The van der Waals surface area contributed by atoms with Crippen LogP contribution in [-0.4, -0.2) is 54.2 Å². The lowest BCUT2D eigenvalue weighted by Gasteiger charge is -2.29. The normalized spacial score (nSPS) is 13.5. The highest BCUT2D eigenvalue weighted by atomic mass is 16.5. The number of carboxylic acid groups (broad SMARTS) is 1. The van der Waals surface area contributed by atoms with Gasteiger partial charge in [0.2, 0.25) is 0 Å². The molecule has 1 atom stereocenters. The van der Waals surface area contributed by atoms with Crippen LogP contribution in [0.25, 0.3) is 0 Å². The molecule has 20 heavy (non-hydrogen) atoms. The molecule has 1 unspecified atom stereocenters. The van der Waals surface area contributed by atoms with Crippen LogP contribution < -0.4 is 5.32 Å². The van der Waals surface area contributed by atoms with Gasteiger partial charge in [0.15, 0.2) is 0 Å². The molecule has 0 spiro atoms. The van der Waals surface area contributed by atoms with Crippen molar-refractivity contribution in [2.45, 2.75) is 40.2 Å². The molecule has 0 aliphatic carbocycles. The van der Waals surface area contributed by atoms with Gasteiger partial charge in [-0.25, -0.2) is 4.79 Å². The van der Waals surface area contributed by atoms with Crippen LogP contribution >= 0.6 is 0 Å². The number of carbonyl (C=O) groups excluding carboxylic acids is 2. The molecule has 0 aromatic rings. The number of carbonyl (C=O) groups is 3. The highest BCUT2D eigenvalue weighted by Gasteiger charge is 2.32. The molecule has 0 aliphatic rings. The van der Waals surface area contributed by atoms with Gasteiger partial charge in [0, 0.05) is 12.6 Å². The average Bonchev–Trinajstić information content (AvgIpc) is 2.40. The second-order valence-electron chi connectivity index (χ2n) is 5.18. The van der Waals surface area contributed by atoms with Gasteiger partial charge in [0.1, 0.15) is 6.54 Å². The first-order valence-electron chi connectivity index (χ1n) is 6.52. The lowest BCUT2D eigenvalue weighted by atomic mass is 9.88. The Hall–Kier alpha value is -1.79. The molecule has 7 nitrogen and oxygen atoms in total. The standard InChI is InChI=1S/C13H24N2O5/c1-6-13(4,11(17)18)8-14-12(19)15(9(2)3)7-10(16)20-5/h9H,6-8H2,1-5H3,(H,14,19)(H,17,18). The first-order valence-corrected chi connectivity index (χ1v) is 6.52. The van der Waals surface area contributed by atoms with Gasteiger partial charge in [-0.05, 0) is 27.2 Å². The summed E-state index contributed by atoms with van der Waals surface area (Å²) in [6.07, 6.45) is 0.390. The van der Waals surface area contributed by atoms with Gasteiger partial charge in [-0.3, -0.25) is 9.59 Å². The zero-order valence-corrected chi connectivity index (χ0v) is 12.7. The summed E-state index contributed by atoms with van der Waals surface area (Å²) in [5.41, 5.74) is -1.02. The Balaban J connectivity index is 4.70. The largest absolute Gasteiger partial charge is 0.481 e. The van der Waals surface area contributed by atoms with Gasteiger partial charge in [-0.2, -0.15) is 0 Å². The maximum atomic E-state index is 12.0. The van der Waals surface area contributed by atoms with Crippen molar-refractivity contribution in [2.75, 3.05) is 20.2 Å². The first kappa shape index (κ1) is 18.2. The molecule has 0 saturated carbocycles. The van der Waals surface area contributed by atoms with E-state index in [-0.39, 0.29) is 19.1 Å². The van der Waals surface area contributed by atoms with Crippen molar-refractivity contribution < 1.29 is 24.2 Å². The third kappa shape index (κ3) is 5.07. The monoisotopic (exact) mass is 288 g/mol. The van der Waals surface area contributed by atoms with Crippen LogP contribution in [0.5, 0.6) is 0 Å². The molecule has 2 N–H and O–H groups in total. The summed E-state index contributed by atoms with van der Waals surface area (Å²) in [4.78, 5) is 35.7. The van der Waals surface area contributed by atoms with Crippen molar-refractivity contribution in [3.8, 4) is 0 Å². The van der Waals surface area contributed by atoms with Crippen LogP contribution in [0.4, 0.5) is 4.79 Å². The second-order valence-corrected chi connectivity index (χ2v) is 5.18. The number of methoxy groups -OCH3 is 1. The second kappa shape index (κ2) is 7.72. The van der Waals surface area contributed by atoms with Gasteiger partial charge in [-0.1, -0.05) is 6.92 Å². The first-order chi connectivity index (χ1) is 9.17. The Bertz CT molecular complexity index is 370. The minimum Gasteiger partial charge on any atom is -0.481 e. The molecule has 116 valence electrons. The molecular weight excluding hydrogens is 264 g/mol. The fraction of sp³-hybridized carbons (Fsp3) is 0.769. The number of amides is 2. The van der Waals surface area contributed by atoms with Crippen LogP contribution in [0, 0.1) is 5.41 Å². The third-order valence-electron chi connectivity index (χ3n) is 3.34. The number of nitrogens with zero attached hydrogens (tertiary/aromatic N) is 1. The summed E-state index contributed by atoms with van der Waals surface area (Å²) in [6.45, 7) is 6.67. The van der Waals surface area contributed by atoms with E-state index in [1.54, 1.807) is 27.7 Å². The van der Waals surface area contributed by atoms with E-state index in [1.165, 1.54) is 12.0 Å². The molecule has 0 aromatic heterocycles. The highest BCUT2D eigenvalue weighted by molar-refractivity contribution is 5.82. The number of hydrogen-bond acceptors (Lipinski definition) is 4. The Kier molecular flexibility index (Phi) is 7.02. The molecule has 0 aromatic carbocycles.